The first-order valence-electron chi connectivity index (χ1n) is 7.42. The average molecular weight is 294 g/mol. The quantitative estimate of drug-likeness (QED) is 0.943. The molecule has 2 aromatic rings. The van der Waals surface area contributed by atoms with E-state index >= 15 is 0 Å². The number of rotatable bonds is 3. The van der Waals surface area contributed by atoms with Crippen molar-refractivity contribution in [2.24, 2.45) is 0 Å². The molecule has 0 spiro atoms. The van der Waals surface area contributed by atoms with Gasteiger partial charge in [0.05, 0.1) is 11.3 Å². The fourth-order valence-electron chi connectivity index (χ4n) is 2.64. The molecule has 0 radical (unpaired) electrons. The molecule has 22 heavy (non-hydrogen) atoms. The fraction of sp³-hybridized carbons (Fsp3) is 0.222. The summed E-state index contributed by atoms with van der Waals surface area (Å²) in [6.07, 6.45) is 1.39. The summed E-state index contributed by atoms with van der Waals surface area (Å²) in [6, 6.07) is 14.9. The lowest BCUT2D eigenvalue weighted by Gasteiger charge is -2.19. The maximum atomic E-state index is 12.5. The zero-order valence-electron chi connectivity index (χ0n) is 12.5. The van der Waals surface area contributed by atoms with E-state index in [0.29, 0.717) is 24.2 Å². The molecule has 1 heterocycles. The smallest absolute Gasteiger partial charge is 0.257 e. The van der Waals surface area contributed by atoms with E-state index in [1.165, 1.54) is 0 Å². The van der Waals surface area contributed by atoms with Crippen LogP contribution in [0.1, 0.15) is 28.8 Å². The number of carbonyl (C=O) groups is 2. The Balaban J connectivity index is 1.86. The standard InChI is InChI=1S/C18H18N2O2/c1-13-8-10-14(11-9-13)19-18(22)15-5-2-3-6-16(15)20-12-4-7-17(20)21/h2-3,5-6,8-11H,4,7,12H2,1H3,(H,19,22). The van der Waals surface area contributed by atoms with Crippen LogP contribution in [0.3, 0.4) is 0 Å². The number of nitrogens with zero attached hydrogens (tertiary/aromatic N) is 1. The molecule has 0 unspecified atom stereocenters. The lowest BCUT2D eigenvalue weighted by molar-refractivity contribution is -0.117. The van der Waals surface area contributed by atoms with Gasteiger partial charge in [0, 0.05) is 18.7 Å². The highest BCUT2D eigenvalue weighted by molar-refractivity contribution is 6.11. The van der Waals surface area contributed by atoms with Crippen molar-refractivity contribution in [3.8, 4) is 0 Å². The molecule has 112 valence electrons. The summed E-state index contributed by atoms with van der Waals surface area (Å²) in [7, 11) is 0. The van der Waals surface area contributed by atoms with E-state index in [0.717, 1.165) is 17.7 Å². The van der Waals surface area contributed by atoms with Gasteiger partial charge in [-0.3, -0.25) is 9.59 Å². The van der Waals surface area contributed by atoms with Crippen LogP contribution in [0, 0.1) is 6.92 Å². The zero-order valence-corrected chi connectivity index (χ0v) is 12.5. The van der Waals surface area contributed by atoms with E-state index in [1.807, 2.05) is 49.4 Å². The normalized spacial score (nSPS) is 14.2. The maximum absolute atomic E-state index is 12.5. The van der Waals surface area contributed by atoms with Gasteiger partial charge >= 0.3 is 0 Å². The van der Waals surface area contributed by atoms with Crippen molar-refractivity contribution >= 4 is 23.2 Å². The van der Waals surface area contributed by atoms with Crippen LogP contribution in [0.4, 0.5) is 11.4 Å². The molecular formula is C18H18N2O2. The summed E-state index contributed by atoms with van der Waals surface area (Å²) in [6.45, 7) is 2.67. The maximum Gasteiger partial charge on any atom is 0.257 e. The van der Waals surface area contributed by atoms with Crippen molar-refractivity contribution in [3.05, 3.63) is 59.7 Å². The summed E-state index contributed by atoms with van der Waals surface area (Å²) < 4.78 is 0. The van der Waals surface area contributed by atoms with Gasteiger partial charge in [-0.2, -0.15) is 0 Å². The molecule has 1 saturated heterocycles. The third kappa shape index (κ3) is 2.86. The summed E-state index contributed by atoms with van der Waals surface area (Å²) in [5.41, 5.74) is 3.10. The SMILES string of the molecule is Cc1ccc(NC(=O)c2ccccc2N2CCCC2=O)cc1. The van der Waals surface area contributed by atoms with Crippen LogP contribution >= 0.6 is 0 Å². The van der Waals surface area contributed by atoms with E-state index in [2.05, 4.69) is 5.32 Å². The van der Waals surface area contributed by atoms with Gasteiger partial charge < -0.3 is 10.2 Å². The highest BCUT2D eigenvalue weighted by atomic mass is 16.2. The third-order valence-corrected chi connectivity index (χ3v) is 3.82. The van der Waals surface area contributed by atoms with E-state index in [1.54, 1.807) is 11.0 Å². The largest absolute Gasteiger partial charge is 0.322 e. The second kappa shape index (κ2) is 6.02. The van der Waals surface area contributed by atoms with E-state index < -0.39 is 0 Å². The van der Waals surface area contributed by atoms with Crippen LogP contribution in [0.25, 0.3) is 0 Å². The van der Waals surface area contributed by atoms with Gasteiger partial charge in [-0.1, -0.05) is 29.8 Å². The number of nitrogens with one attached hydrogen (secondary N) is 1. The number of amides is 2. The molecule has 0 aliphatic carbocycles. The Labute approximate surface area is 129 Å². The second-order valence-corrected chi connectivity index (χ2v) is 5.49. The molecule has 2 amide bonds. The predicted octanol–water partition coefficient (Wildman–Crippen LogP) is 3.37. The number of hydrogen-bond acceptors (Lipinski definition) is 2. The predicted molar refractivity (Wildman–Crippen MR) is 87.2 cm³/mol. The summed E-state index contributed by atoms with van der Waals surface area (Å²) >= 11 is 0. The topological polar surface area (TPSA) is 49.4 Å². The number of hydrogen-bond donors (Lipinski definition) is 1. The molecule has 0 bridgehead atoms. The Kier molecular flexibility index (Phi) is 3.92. The van der Waals surface area contributed by atoms with Gasteiger partial charge in [-0.15, -0.1) is 0 Å². The summed E-state index contributed by atoms with van der Waals surface area (Å²) in [4.78, 5) is 26.2. The van der Waals surface area contributed by atoms with E-state index in [4.69, 9.17) is 0 Å². The number of aryl methyl sites for hydroxylation is 1. The third-order valence-electron chi connectivity index (χ3n) is 3.82. The first kappa shape index (κ1) is 14.3. The van der Waals surface area contributed by atoms with Gasteiger partial charge in [0.15, 0.2) is 0 Å². The Morgan fingerprint density at radius 3 is 2.50 bits per heavy atom. The Hall–Kier alpha value is -2.62. The number of anilines is 2. The Morgan fingerprint density at radius 2 is 1.82 bits per heavy atom. The molecule has 4 heteroatoms. The molecule has 0 aromatic heterocycles. The number of carbonyl (C=O) groups excluding carboxylic acids is 2. The van der Waals surface area contributed by atoms with E-state index in [9.17, 15) is 9.59 Å². The monoisotopic (exact) mass is 294 g/mol. The fourth-order valence-corrected chi connectivity index (χ4v) is 2.64. The van der Waals surface area contributed by atoms with Crippen molar-refractivity contribution in [1.29, 1.82) is 0 Å². The minimum atomic E-state index is -0.195. The lowest BCUT2D eigenvalue weighted by atomic mass is 10.1. The van der Waals surface area contributed by atoms with Crippen molar-refractivity contribution in [3.63, 3.8) is 0 Å². The molecular weight excluding hydrogens is 276 g/mol. The highest BCUT2D eigenvalue weighted by Gasteiger charge is 2.25. The number of para-hydroxylation sites is 1. The Morgan fingerprint density at radius 1 is 1.09 bits per heavy atom. The molecule has 4 nitrogen and oxygen atoms in total. The van der Waals surface area contributed by atoms with Crippen molar-refractivity contribution in [2.75, 3.05) is 16.8 Å². The summed E-state index contributed by atoms with van der Waals surface area (Å²) in [5, 5.41) is 2.89. The first-order chi connectivity index (χ1) is 10.6. The zero-order chi connectivity index (χ0) is 15.5. The molecule has 1 aliphatic rings. The van der Waals surface area contributed by atoms with Crippen LogP contribution in [-0.2, 0) is 4.79 Å². The van der Waals surface area contributed by atoms with Gasteiger partial charge in [-0.25, -0.2) is 0 Å². The van der Waals surface area contributed by atoms with Crippen LogP contribution in [0.5, 0.6) is 0 Å². The van der Waals surface area contributed by atoms with Crippen LogP contribution in [0.2, 0.25) is 0 Å². The van der Waals surface area contributed by atoms with Crippen molar-refractivity contribution < 1.29 is 9.59 Å². The molecule has 3 rings (SSSR count). The van der Waals surface area contributed by atoms with Gasteiger partial charge in [0.25, 0.3) is 5.91 Å². The highest BCUT2D eigenvalue weighted by Crippen LogP contribution is 2.26. The molecule has 0 saturated carbocycles. The molecule has 2 aromatic carbocycles. The van der Waals surface area contributed by atoms with E-state index in [-0.39, 0.29) is 11.8 Å². The molecule has 0 atom stereocenters. The molecule has 1 aliphatic heterocycles. The van der Waals surface area contributed by atoms with Crippen LogP contribution < -0.4 is 10.2 Å². The lowest BCUT2D eigenvalue weighted by Crippen LogP contribution is -2.27. The average Bonchev–Trinajstić information content (AvgIpc) is 2.95. The number of benzene rings is 2. The second-order valence-electron chi connectivity index (χ2n) is 5.49. The summed E-state index contributed by atoms with van der Waals surface area (Å²) in [5.74, 6) is -0.116. The minimum Gasteiger partial charge on any atom is -0.322 e. The Bertz CT molecular complexity index is 707. The minimum absolute atomic E-state index is 0.0792. The van der Waals surface area contributed by atoms with Gasteiger partial charge in [-0.05, 0) is 37.6 Å². The van der Waals surface area contributed by atoms with Gasteiger partial charge in [0.1, 0.15) is 0 Å². The molecule has 1 fully saturated rings. The van der Waals surface area contributed by atoms with Crippen LogP contribution in [0.15, 0.2) is 48.5 Å². The first-order valence-corrected chi connectivity index (χ1v) is 7.42. The van der Waals surface area contributed by atoms with Crippen molar-refractivity contribution in [1.82, 2.24) is 0 Å². The van der Waals surface area contributed by atoms with Crippen LogP contribution in [-0.4, -0.2) is 18.4 Å². The van der Waals surface area contributed by atoms with Crippen molar-refractivity contribution in [2.45, 2.75) is 19.8 Å². The van der Waals surface area contributed by atoms with Gasteiger partial charge in [0.2, 0.25) is 5.91 Å². The molecule has 1 N–H and O–H groups in total.